The number of carbonyl (C=O) groups excluding carboxylic acids is 2. The summed E-state index contributed by atoms with van der Waals surface area (Å²) in [6.45, 7) is 0.883. The van der Waals surface area contributed by atoms with Crippen LogP contribution in [0.5, 0.6) is 17.2 Å². The van der Waals surface area contributed by atoms with Gasteiger partial charge in [0, 0.05) is 18.8 Å². The number of carboxylic acids is 1. The van der Waals surface area contributed by atoms with E-state index in [0.29, 0.717) is 31.5 Å². The van der Waals surface area contributed by atoms with Crippen molar-refractivity contribution in [3.63, 3.8) is 0 Å². The second-order valence-electron chi connectivity index (χ2n) is 15.1. The fourth-order valence-corrected chi connectivity index (χ4v) is 7.79. The number of aliphatic hydroxyl groups excluding tert-OH is 2. The first-order valence-corrected chi connectivity index (χ1v) is 19.5. The van der Waals surface area contributed by atoms with Gasteiger partial charge < -0.3 is 61.2 Å². The number of aldehydes is 1. The average molecular weight is 827 g/mol. The van der Waals surface area contributed by atoms with Crippen LogP contribution in [0.4, 0.5) is 0 Å². The predicted molar refractivity (Wildman–Crippen MR) is 221 cm³/mol. The summed E-state index contributed by atoms with van der Waals surface area (Å²) in [4.78, 5) is 41.9. The molecular weight excluding hydrogens is 777 g/mol. The lowest BCUT2D eigenvalue weighted by Crippen LogP contribution is -2.79. The largest absolute Gasteiger partial charge is 0.508 e. The summed E-state index contributed by atoms with van der Waals surface area (Å²) in [6, 6.07) is 19.4. The van der Waals surface area contributed by atoms with Gasteiger partial charge >= 0.3 is 5.97 Å². The van der Waals surface area contributed by atoms with Crippen LogP contribution < -0.4 is 25.8 Å². The first kappa shape index (κ1) is 43.7. The summed E-state index contributed by atoms with van der Waals surface area (Å²) < 4.78 is 17.6. The lowest BCUT2D eigenvalue weighted by Gasteiger charge is -2.51. The molecule has 1 saturated heterocycles. The Balaban J connectivity index is 1.29. The molecule has 1 amide bonds. The zero-order chi connectivity index (χ0) is 43.0. The first-order valence-electron chi connectivity index (χ1n) is 19.5. The third-order valence-electron chi connectivity index (χ3n) is 11.2. The molecule has 0 aromatic heterocycles. The number of hydrogen-bond acceptors (Lipinski definition) is 14. The van der Waals surface area contributed by atoms with Gasteiger partial charge in [-0.3, -0.25) is 14.6 Å². The van der Waals surface area contributed by atoms with Crippen molar-refractivity contribution in [3.8, 4) is 17.2 Å². The van der Waals surface area contributed by atoms with Crippen molar-refractivity contribution in [1.29, 1.82) is 0 Å². The molecule has 3 heterocycles. The number of nitrogens with zero attached hydrogens (tertiary/aromatic N) is 1. The number of amides is 1. The van der Waals surface area contributed by atoms with Crippen LogP contribution >= 0.6 is 0 Å². The van der Waals surface area contributed by atoms with Crippen LogP contribution in [-0.4, -0.2) is 124 Å². The molecule has 0 spiro atoms. The molecule has 0 saturated carbocycles. The predicted octanol–water partition coefficient (Wildman–Crippen LogP) is 2.21. The maximum Gasteiger partial charge on any atom is 0.335 e. The Bertz CT molecular complexity index is 2140. The lowest BCUT2D eigenvalue weighted by atomic mass is 9.74. The number of aromatic hydroxyl groups is 1. The molecule has 8 atom stereocenters. The van der Waals surface area contributed by atoms with Crippen molar-refractivity contribution in [2.24, 2.45) is 22.6 Å². The molecule has 0 aliphatic carbocycles. The van der Waals surface area contributed by atoms with E-state index in [1.54, 1.807) is 0 Å². The summed E-state index contributed by atoms with van der Waals surface area (Å²) in [6.07, 6.45) is 1.71. The number of benzene rings is 3. The zero-order valence-electron chi connectivity index (χ0n) is 32.9. The number of nitrogens with one attached hydrogen (secondary N) is 2. The third kappa shape index (κ3) is 9.28. The van der Waals surface area contributed by atoms with E-state index >= 15 is 0 Å². The Morgan fingerprint density at radius 2 is 1.82 bits per heavy atom. The molecule has 3 aliphatic heterocycles. The maximum atomic E-state index is 12.7. The Morgan fingerprint density at radius 3 is 2.47 bits per heavy atom. The van der Waals surface area contributed by atoms with Crippen molar-refractivity contribution in [3.05, 3.63) is 107 Å². The van der Waals surface area contributed by atoms with Crippen molar-refractivity contribution in [2.75, 3.05) is 33.2 Å². The second-order valence-corrected chi connectivity index (χ2v) is 15.1. The van der Waals surface area contributed by atoms with Crippen LogP contribution in [0.25, 0.3) is 17.4 Å². The van der Waals surface area contributed by atoms with Crippen LogP contribution in [0.2, 0.25) is 0 Å². The van der Waals surface area contributed by atoms with Crippen LogP contribution in [0, 0.1) is 11.8 Å². The fourth-order valence-electron chi connectivity index (χ4n) is 7.79. The summed E-state index contributed by atoms with van der Waals surface area (Å²) in [5.74, 6) is -3.37. The SMILES string of the molecule is CNCCC(CC=Cc1ccccc1)C(CNCC1(O)C(Oc2ccc3c(c2)OC(C(N)=O)C(c2ccc(O)cc2)=C3O)OC(C(=O)O)C(O)C1(O)C=O)CC1=CCN=C1. The van der Waals surface area contributed by atoms with Crippen molar-refractivity contribution >= 4 is 41.8 Å². The van der Waals surface area contributed by atoms with E-state index in [1.165, 1.54) is 42.5 Å². The van der Waals surface area contributed by atoms with Crippen LogP contribution in [0.15, 0.2) is 95.5 Å². The molecule has 0 radical (unpaired) electrons. The summed E-state index contributed by atoms with van der Waals surface area (Å²) in [5.41, 5.74) is 2.27. The zero-order valence-corrected chi connectivity index (χ0v) is 32.9. The molecule has 60 heavy (non-hydrogen) atoms. The third-order valence-corrected chi connectivity index (χ3v) is 11.2. The second kappa shape index (κ2) is 19.0. The van der Waals surface area contributed by atoms with Gasteiger partial charge in [0.2, 0.25) is 12.4 Å². The van der Waals surface area contributed by atoms with Gasteiger partial charge in [-0.05, 0) is 92.2 Å². The minimum absolute atomic E-state index is 0.0318. The number of phenols is 1. The van der Waals surface area contributed by atoms with Crippen LogP contribution in [0.3, 0.4) is 0 Å². The highest BCUT2D eigenvalue weighted by Gasteiger charge is 2.67. The summed E-state index contributed by atoms with van der Waals surface area (Å²) in [5, 5.41) is 72.6. The topological polar surface area (TPSA) is 263 Å². The lowest BCUT2D eigenvalue weighted by molar-refractivity contribution is -0.334. The van der Waals surface area contributed by atoms with E-state index in [9.17, 15) is 45.0 Å². The van der Waals surface area contributed by atoms with Crippen LogP contribution in [-0.2, 0) is 19.1 Å². The average Bonchev–Trinajstić information content (AvgIpc) is 3.76. The normalized spacial score (nSPS) is 25.9. The number of rotatable bonds is 19. The molecule has 8 unspecified atom stereocenters. The number of hydrogen-bond donors (Lipinski definition) is 9. The highest BCUT2D eigenvalue weighted by atomic mass is 16.7. The van der Waals surface area contributed by atoms with E-state index in [2.05, 4.69) is 21.7 Å². The smallest absolute Gasteiger partial charge is 0.335 e. The number of carbonyl (C=O) groups is 3. The molecular formula is C44H50N4O12. The highest BCUT2D eigenvalue weighted by Crippen LogP contribution is 2.43. The molecule has 318 valence electrons. The number of ether oxygens (including phenoxy) is 3. The van der Waals surface area contributed by atoms with Gasteiger partial charge in [0.25, 0.3) is 5.91 Å². The minimum Gasteiger partial charge on any atom is -0.508 e. The number of fused-ring (bicyclic) bond motifs is 1. The molecule has 16 heteroatoms. The van der Waals surface area contributed by atoms with Gasteiger partial charge in [0.05, 0.1) is 17.7 Å². The number of nitrogens with two attached hydrogens (primary N) is 1. The van der Waals surface area contributed by atoms with Gasteiger partial charge in [-0.1, -0.05) is 60.7 Å². The van der Waals surface area contributed by atoms with Crippen molar-refractivity contribution in [2.45, 2.75) is 55.1 Å². The monoisotopic (exact) mass is 826 g/mol. The van der Waals surface area contributed by atoms with Gasteiger partial charge in [-0.2, -0.15) is 0 Å². The van der Waals surface area contributed by atoms with Crippen molar-refractivity contribution in [1.82, 2.24) is 10.6 Å². The minimum atomic E-state index is -3.13. The van der Waals surface area contributed by atoms with E-state index in [4.69, 9.17) is 19.9 Å². The Morgan fingerprint density at radius 1 is 1.07 bits per heavy atom. The molecule has 3 aromatic carbocycles. The summed E-state index contributed by atoms with van der Waals surface area (Å²) >= 11 is 0. The highest BCUT2D eigenvalue weighted by molar-refractivity contribution is 6.03. The van der Waals surface area contributed by atoms with Gasteiger partial charge in [0.1, 0.15) is 29.1 Å². The molecule has 0 bridgehead atoms. The quantitative estimate of drug-likeness (QED) is 0.0786. The number of carboxylic acid groups (broad SMARTS) is 1. The van der Waals surface area contributed by atoms with Crippen LogP contribution in [0.1, 0.15) is 36.0 Å². The first-order chi connectivity index (χ1) is 28.8. The van der Waals surface area contributed by atoms with E-state index < -0.39 is 54.2 Å². The number of primary amides is 1. The molecule has 10 N–H and O–H groups in total. The van der Waals surface area contributed by atoms with E-state index in [1.807, 2.05) is 55.7 Å². The molecule has 1 fully saturated rings. The van der Waals surface area contributed by atoms with Gasteiger partial charge in [-0.15, -0.1) is 0 Å². The fraction of sp³-hybridized carbons (Fsp3) is 0.364. The Labute approximate surface area is 346 Å². The molecule has 16 nitrogen and oxygen atoms in total. The number of allylic oxidation sites excluding steroid dienone is 2. The number of aliphatic imine (C=N–C) groups is 1. The van der Waals surface area contributed by atoms with Crippen molar-refractivity contribution < 1.29 is 59.2 Å². The molecule has 3 aliphatic rings. The molecule has 3 aromatic rings. The standard InChI is InChI=1S/C44H50N4O12/c1-46-18-17-28(9-5-8-26-6-3-2-4-7-26)30(20-27-16-19-47-22-27)23-48-24-43(56)42(60-38(41(54)55)39(52)44(43,57)25-49)58-32-14-15-33-34(21-32)59-37(40(45)53)35(36(33)51)29-10-12-31(50)13-11-29/h2-8,10-16,21-22,25,28,30,37-39,42,46,48,50-52,56-57H,9,17-20,23-24H2,1H3,(H2,45,53)(H,54,55). The van der Waals surface area contributed by atoms with E-state index in [0.717, 1.165) is 17.6 Å². The number of aliphatic carboxylic acids is 1. The maximum absolute atomic E-state index is 12.7. The van der Waals surface area contributed by atoms with Gasteiger partial charge in [0.15, 0.2) is 23.6 Å². The van der Waals surface area contributed by atoms with Gasteiger partial charge in [-0.25, -0.2) is 4.79 Å². The number of phenolic OH excluding ortho intramolecular Hbond substituents is 1. The summed E-state index contributed by atoms with van der Waals surface area (Å²) in [7, 11) is 1.87. The number of aliphatic hydroxyl groups is 4. The van der Waals surface area contributed by atoms with E-state index in [-0.39, 0.29) is 58.8 Å². The Hall–Kier alpha value is -5.88. The Kier molecular flexibility index (Phi) is 13.8. The molecule has 6 rings (SSSR count).